The summed E-state index contributed by atoms with van der Waals surface area (Å²) in [5.74, 6) is -1.54. The zero-order chi connectivity index (χ0) is 43.6. The van der Waals surface area contributed by atoms with Crippen molar-refractivity contribution in [1.29, 1.82) is 0 Å². The lowest BCUT2D eigenvalue weighted by Crippen LogP contribution is -2.11. The maximum Gasteiger partial charge on any atom is 0.337 e. The second-order valence-electron chi connectivity index (χ2n) is 12.9. The van der Waals surface area contributed by atoms with Crippen LogP contribution in [0.4, 0.5) is 45.5 Å². The highest BCUT2D eigenvalue weighted by Gasteiger charge is 2.18. The Morgan fingerprint density at radius 2 is 1.26 bits per heavy atom. The van der Waals surface area contributed by atoms with E-state index in [9.17, 15) is 19.8 Å². The van der Waals surface area contributed by atoms with Gasteiger partial charge in [0.15, 0.2) is 5.75 Å². The molecule has 1 amide bonds. The predicted molar refractivity (Wildman–Crippen MR) is 225 cm³/mol. The van der Waals surface area contributed by atoms with E-state index in [1.54, 1.807) is 86.6 Å². The lowest BCUT2D eigenvalue weighted by Gasteiger charge is -2.12. The number of phenolic OH excluding ortho intramolecular Hbond substituents is 1. The molecule has 0 saturated carbocycles. The van der Waals surface area contributed by atoms with Crippen LogP contribution in [-0.2, 0) is 18.7 Å². The number of carboxylic acid groups (broad SMARTS) is 1. The summed E-state index contributed by atoms with van der Waals surface area (Å²) in [5.41, 5.74) is 10.8. The molecule has 0 aromatic heterocycles. The molecule has 0 aliphatic carbocycles. The number of ether oxygens (including phenoxy) is 1. The Balaban J connectivity index is 1.24. The van der Waals surface area contributed by atoms with Crippen molar-refractivity contribution in [3.63, 3.8) is 0 Å². The van der Waals surface area contributed by atoms with Gasteiger partial charge in [0.05, 0.1) is 58.7 Å². The lowest BCUT2D eigenvalue weighted by molar-refractivity contribution is -0.432. The maximum absolute atomic E-state index is 12.8. The topological polar surface area (TPSA) is 273 Å². The molecule has 61 heavy (non-hydrogen) atoms. The van der Waals surface area contributed by atoms with E-state index < -0.39 is 5.97 Å². The Kier molecular flexibility index (Phi) is 14.3. The third-order valence-electron chi connectivity index (χ3n) is 8.80. The van der Waals surface area contributed by atoms with Crippen molar-refractivity contribution in [3.8, 4) is 11.5 Å². The second-order valence-corrected chi connectivity index (χ2v) is 14.4. The molecule has 0 bridgehead atoms. The summed E-state index contributed by atoms with van der Waals surface area (Å²) < 4.78 is 14.7. The summed E-state index contributed by atoms with van der Waals surface area (Å²) >= 11 is 1.22. The number of rotatable bonds is 16. The van der Waals surface area contributed by atoms with E-state index in [0.717, 1.165) is 0 Å². The van der Waals surface area contributed by atoms with E-state index in [4.69, 9.17) is 21.0 Å². The van der Waals surface area contributed by atoms with Gasteiger partial charge in [-0.1, -0.05) is 10.1 Å². The average molecular weight is 867 g/mol. The maximum atomic E-state index is 12.8. The third-order valence-corrected chi connectivity index (χ3v) is 9.99. The number of aromatic hydroxyl groups is 1. The number of methoxy groups -OCH3 is 1. The van der Waals surface area contributed by atoms with Crippen LogP contribution in [0.3, 0.4) is 0 Å². The number of carbonyl (C=O) groups excluding carboxylic acids is 1. The number of phenols is 1. The number of carboxylic acids is 1. The zero-order valence-corrected chi connectivity index (χ0v) is 34.0. The van der Waals surface area contributed by atoms with Crippen molar-refractivity contribution >= 4 is 92.2 Å². The van der Waals surface area contributed by atoms with E-state index >= 15 is 0 Å². The summed E-state index contributed by atoms with van der Waals surface area (Å²) in [7, 11) is 1.45. The molecule has 6 aromatic rings. The van der Waals surface area contributed by atoms with Crippen LogP contribution in [-0.4, -0.2) is 39.7 Å². The molecule has 21 heteroatoms. The molecule has 19 nitrogen and oxygen atoms in total. The van der Waals surface area contributed by atoms with Crippen LogP contribution in [0.25, 0.3) is 10.8 Å². The minimum absolute atomic E-state index is 0.0110. The number of benzene rings is 6. The highest BCUT2D eigenvalue weighted by Crippen LogP contribution is 2.46. The number of hydrogen-bond acceptors (Lipinski definition) is 19. The quantitative estimate of drug-likeness (QED) is 0.0174. The first-order valence-corrected chi connectivity index (χ1v) is 19.1. The molecule has 0 unspecified atom stereocenters. The molecular weight excluding hydrogens is 833 g/mol. The number of amides is 1. The number of nitrogens with two attached hydrogens (primary N) is 1. The highest BCUT2D eigenvalue weighted by molar-refractivity contribution is 7.94. The number of anilines is 2. The first-order valence-electron chi connectivity index (χ1n) is 17.6. The van der Waals surface area contributed by atoms with Gasteiger partial charge >= 0.3 is 5.97 Å². The molecule has 0 atom stereocenters. The molecule has 0 saturated heterocycles. The van der Waals surface area contributed by atoms with Crippen molar-refractivity contribution in [2.75, 3.05) is 18.2 Å². The number of aromatic carboxylic acids is 1. The molecular formula is C40H34N8O11S2. The monoisotopic (exact) mass is 866 g/mol. The molecule has 0 heterocycles. The van der Waals surface area contributed by atoms with Crippen LogP contribution < -0.4 is 15.8 Å². The van der Waals surface area contributed by atoms with Crippen molar-refractivity contribution in [2.24, 2.45) is 30.7 Å². The largest absolute Gasteiger partial charge is 0.505 e. The van der Waals surface area contributed by atoms with Crippen LogP contribution in [0, 0.1) is 20.8 Å². The van der Waals surface area contributed by atoms with Gasteiger partial charge in [0.2, 0.25) is 0 Å². The highest BCUT2D eigenvalue weighted by atomic mass is 32.2. The summed E-state index contributed by atoms with van der Waals surface area (Å²) in [6, 6.07) is 23.9. The number of azo groups is 3. The van der Waals surface area contributed by atoms with E-state index in [1.165, 1.54) is 25.3 Å². The number of nitrogen functional groups attached to an aromatic ring is 1. The Bertz CT molecular complexity index is 2720. The average Bonchev–Trinajstić information content (AvgIpc) is 3.24. The molecule has 0 radical (unpaired) electrons. The van der Waals surface area contributed by atoms with Gasteiger partial charge in [0.1, 0.15) is 22.8 Å². The predicted octanol–water partition coefficient (Wildman–Crippen LogP) is 12.1. The van der Waals surface area contributed by atoms with Crippen molar-refractivity contribution in [2.45, 2.75) is 30.6 Å². The van der Waals surface area contributed by atoms with Gasteiger partial charge < -0.3 is 26.0 Å². The second kappa shape index (κ2) is 20.0. The molecule has 6 rings (SSSR count). The Morgan fingerprint density at radius 1 is 0.672 bits per heavy atom. The van der Waals surface area contributed by atoms with Crippen LogP contribution in [0.2, 0.25) is 0 Å². The van der Waals surface area contributed by atoms with Gasteiger partial charge in [0.25, 0.3) is 5.91 Å². The summed E-state index contributed by atoms with van der Waals surface area (Å²) in [5, 5.41) is 75.5. The molecule has 0 aliphatic rings. The van der Waals surface area contributed by atoms with Crippen molar-refractivity contribution in [1.82, 2.24) is 0 Å². The van der Waals surface area contributed by atoms with Gasteiger partial charge in [-0.3, -0.25) is 4.79 Å². The van der Waals surface area contributed by atoms with Crippen LogP contribution >= 0.6 is 24.1 Å². The zero-order valence-electron chi connectivity index (χ0n) is 32.4. The smallest absolute Gasteiger partial charge is 0.337 e. The number of carbonyl (C=O) groups is 2. The van der Waals surface area contributed by atoms with Gasteiger partial charge in [-0.15, -0.1) is 24.0 Å². The fraction of sp³-hybridized carbons (Fsp3) is 0.100. The Labute approximate surface area is 354 Å². The molecule has 312 valence electrons. The van der Waals surface area contributed by atoms with E-state index in [-0.39, 0.29) is 39.2 Å². The number of fused-ring (bicyclic) bond motifs is 1. The Hall–Kier alpha value is -6.82. The molecule has 0 fully saturated rings. The minimum atomic E-state index is -1.20. The number of nitrogens with zero attached hydrogens (tertiary/aromatic N) is 6. The van der Waals surface area contributed by atoms with E-state index in [0.29, 0.717) is 96.1 Å². The van der Waals surface area contributed by atoms with E-state index in [2.05, 4.69) is 54.7 Å². The van der Waals surface area contributed by atoms with Gasteiger partial charge in [-0.25, -0.2) is 15.3 Å². The van der Waals surface area contributed by atoms with Crippen LogP contribution in [0.15, 0.2) is 131 Å². The van der Waals surface area contributed by atoms with Crippen LogP contribution in [0.1, 0.15) is 37.4 Å². The molecule has 7 N–H and O–H groups in total. The fourth-order valence-electron chi connectivity index (χ4n) is 5.69. The van der Waals surface area contributed by atoms with Crippen molar-refractivity contribution in [3.05, 3.63) is 119 Å². The number of hydrogen-bond donors (Lipinski definition) is 6. The number of nitrogens with one attached hydrogen (secondary N) is 1. The normalized spacial score (nSPS) is 11.6. The fourth-order valence-corrected chi connectivity index (χ4v) is 6.58. The van der Waals surface area contributed by atoms with E-state index in [1.807, 2.05) is 6.92 Å². The molecule has 0 aliphatic heterocycles. The number of aryl methyl sites for hydroxylation is 3. The SMILES string of the molecule is COc1cc(N=Nc2cc(C)c(N=Nc3cc(SOOO)ccc3C(=O)O)cc2C)c(C)cc1N=Nc1c(SOOO)cc2cc(NC(=O)c3ccc(N)cc3)ccc2c1O. The van der Waals surface area contributed by atoms with Gasteiger partial charge in [0, 0.05) is 33.3 Å². The van der Waals surface area contributed by atoms with Crippen molar-refractivity contribution < 1.29 is 53.8 Å². The third kappa shape index (κ3) is 10.7. The molecule has 6 aromatic carbocycles. The van der Waals surface area contributed by atoms with Gasteiger partial charge in [-0.05, 0) is 128 Å². The molecule has 0 spiro atoms. The first kappa shape index (κ1) is 43.8. The first-order chi connectivity index (χ1) is 29.4. The summed E-state index contributed by atoms with van der Waals surface area (Å²) in [6.45, 7) is 5.39. The summed E-state index contributed by atoms with van der Waals surface area (Å²) in [4.78, 5) is 25.2. The summed E-state index contributed by atoms with van der Waals surface area (Å²) in [6.07, 6.45) is 0. The van der Waals surface area contributed by atoms with Gasteiger partial charge in [-0.2, -0.15) is 15.3 Å². The lowest BCUT2D eigenvalue weighted by atomic mass is 10.1. The Morgan fingerprint density at radius 3 is 1.89 bits per heavy atom. The standard InChI is InChI=1S/C40H34N8O11S2/c1-20-14-31(44-46-33-18-27(60-58-56-53)10-12-29(33)40(51)52)21(2)13-30(20)43-45-32-19-35(55-4)34(15-22(32)3)47-48-37-36(61-59-57-54)17-24-16-26(9-11-28(24)38(37)49)42-39(50)23-5-7-25(41)8-6-23/h5-19,49,53-54H,41H2,1-4H3,(H,42,50)(H,51,52). The van der Waals surface area contributed by atoms with Crippen LogP contribution in [0.5, 0.6) is 11.5 Å². The minimum Gasteiger partial charge on any atom is -0.505 e.